The van der Waals surface area contributed by atoms with Crippen LogP contribution in [0.2, 0.25) is 0 Å². The van der Waals surface area contributed by atoms with Crippen LogP contribution in [0.25, 0.3) is 0 Å². The first-order valence-electron chi connectivity index (χ1n) is 4.51. The fraction of sp³-hybridized carbons (Fsp3) is 0.556. The highest BCUT2D eigenvalue weighted by Gasteiger charge is 2.28. The van der Waals surface area contributed by atoms with Gasteiger partial charge in [-0.2, -0.15) is 0 Å². The number of hydrogen-bond donors (Lipinski definition) is 1. The van der Waals surface area contributed by atoms with Crippen LogP contribution in [0.15, 0.2) is 17.1 Å². The smallest absolute Gasteiger partial charge is 0.223 e. The number of nitrogens with one attached hydrogen (secondary N) is 1. The van der Waals surface area contributed by atoms with E-state index in [0.717, 1.165) is 25.0 Å². The first-order chi connectivity index (χ1) is 6.36. The third-order valence-electron chi connectivity index (χ3n) is 2.11. The molecule has 0 aliphatic heterocycles. The molecule has 1 aromatic heterocycles. The van der Waals surface area contributed by atoms with Gasteiger partial charge in [-0.1, -0.05) is 0 Å². The highest BCUT2D eigenvalue weighted by atomic mass is 16.3. The van der Waals surface area contributed by atoms with Gasteiger partial charge in [0.05, 0.1) is 5.69 Å². The molecule has 0 aromatic carbocycles. The van der Waals surface area contributed by atoms with Crippen LogP contribution < -0.4 is 5.32 Å². The van der Waals surface area contributed by atoms with Crippen LogP contribution in [0.4, 0.5) is 0 Å². The molecule has 0 unspecified atom stereocenters. The Balaban J connectivity index is 1.66. The number of amides is 1. The lowest BCUT2D eigenvalue weighted by Crippen LogP contribution is -2.26. The number of hydrogen-bond acceptors (Lipinski definition) is 3. The number of nitrogens with zero attached hydrogens (tertiary/aromatic N) is 1. The number of aromatic nitrogens is 1. The monoisotopic (exact) mass is 180 g/mol. The van der Waals surface area contributed by atoms with Crippen LogP contribution in [-0.4, -0.2) is 17.4 Å². The van der Waals surface area contributed by atoms with Crippen molar-refractivity contribution in [3.8, 4) is 0 Å². The minimum absolute atomic E-state index is 0.184. The number of carbonyl (C=O) groups excluding carboxylic acids is 1. The van der Waals surface area contributed by atoms with Gasteiger partial charge in [-0.15, -0.1) is 0 Å². The van der Waals surface area contributed by atoms with E-state index in [9.17, 15) is 4.79 Å². The van der Waals surface area contributed by atoms with Crippen molar-refractivity contribution in [2.75, 3.05) is 6.54 Å². The third-order valence-corrected chi connectivity index (χ3v) is 2.11. The molecule has 0 atom stereocenters. The molecule has 0 bridgehead atoms. The van der Waals surface area contributed by atoms with E-state index in [-0.39, 0.29) is 11.8 Å². The van der Waals surface area contributed by atoms with Crippen LogP contribution in [-0.2, 0) is 11.2 Å². The fourth-order valence-corrected chi connectivity index (χ4v) is 1.16. The average molecular weight is 180 g/mol. The van der Waals surface area contributed by atoms with E-state index in [1.54, 1.807) is 6.26 Å². The summed E-state index contributed by atoms with van der Waals surface area (Å²) in [6.07, 6.45) is 5.85. The topological polar surface area (TPSA) is 55.1 Å². The predicted molar refractivity (Wildman–Crippen MR) is 45.9 cm³/mol. The summed E-state index contributed by atoms with van der Waals surface area (Å²) in [6, 6.07) is 0. The van der Waals surface area contributed by atoms with Crippen molar-refractivity contribution >= 4 is 5.91 Å². The van der Waals surface area contributed by atoms with Crippen molar-refractivity contribution in [2.24, 2.45) is 5.92 Å². The zero-order chi connectivity index (χ0) is 9.10. The van der Waals surface area contributed by atoms with Gasteiger partial charge in [-0.3, -0.25) is 4.79 Å². The second kappa shape index (κ2) is 3.60. The summed E-state index contributed by atoms with van der Waals surface area (Å²) in [5.41, 5.74) is 0.885. The number of oxazole rings is 1. The molecule has 1 N–H and O–H groups in total. The molecule has 1 aromatic rings. The molecular weight excluding hydrogens is 168 g/mol. The van der Waals surface area contributed by atoms with Gasteiger partial charge in [0.15, 0.2) is 6.39 Å². The molecule has 1 amide bonds. The third kappa shape index (κ3) is 2.31. The molecular formula is C9H12N2O2. The summed E-state index contributed by atoms with van der Waals surface area (Å²) >= 11 is 0. The van der Waals surface area contributed by atoms with E-state index in [2.05, 4.69) is 10.3 Å². The molecule has 1 heterocycles. The Labute approximate surface area is 76.3 Å². The van der Waals surface area contributed by atoms with E-state index >= 15 is 0 Å². The van der Waals surface area contributed by atoms with Crippen LogP contribution in [0.1, 0.15) is 18.5 Å². The van der Waals surface area contributed by atoms with Crippen LogP contribution >= 0.6 is 0 Å². The van der Waals surface area contributed by atoms with E-state index in [1.807, 2.05) is 0 Å². The summed E-state index contributed by atoms with van der Waals surface area (Å²) in [5.74, 6) is 0.473. The van der Waals surface area contributed by atoms with Crippen LogP contribution in [0, 0.1) is 5.92 Å². The summed E-state index contributed by atoms with van der Waals surface area (Å²) in [6.45, 7) is 0.655. The van der Waals surface area contributed by atoms with Gasteiger partial charge in [0.2, 0.25) is 5.91 Å². The maximum absolute atomic E-state index is 11.2. The van der Waals surface area contributed by atoms with Crippen LogP contribution in [0.5, 0.6) is 0 Å². The van der Waals surface area contributed by atoms with Crippen molar-refractivity contribution in [2.45, 2.75) is 19.3 Å². The standard InChI is InChI=1S/C9H12N2O2/c12-9(7-1-2-7)10-4-3-8-5-13-6-11-8/h5-7H,1-4H2,(H,10,12). The van der Waals surface area contributed by atoms with Gasteiger partial charge < -0.3 is 9.73 Å². The minimum Gasteiger partial charge on any atom is -0.451 e. The van der Waals surface area contributed by atoms with E-state index < -0.39 is 0 Å². The minimum atomic E-state index is 0.184. The number of carbonyl (C=O) groups is 1. The molecule has 1 saturated carbocycles. The Morgan fingerprint density at radius 3 is 3.15 bits per heavy atom. The van der Waals surface area contributed by atoms with Crippen molar-refractivity contribution in [3.05, 3.63) is 18.4 Å². The first-order valence-corrected chi connectivity index (χ1v) is 4.51. The molecule has 0 radical (unpaired) electrons. The normalized spacial score (nSPS) is 15.7. The second-order valence-electron chi connectivity index (χ2n) is 3.30. The molecule has 1 fully saturated rings. The van der Waals surface area contributed by atoms with Gasteiger partial charge in [0.1, 0.15) is 6.26 Å². The first kappa shape index (κ1) is 8.29. The fourth-order valence-electron chi connectivity index (χ4n) is 1.16. The van der Waals surface area contributed by atoms with Gasteiger partial charge in [-0.25, -0.2) is 4.98 Å². The molecule has 1 aliphatic rings. The van der Waals surface area contributed by atoms with Crippen molar-refractivity contribution in [1.29, 1.82) is 0 Å². The zero-order valence-electron chi connectivity index (χ0n) is 7.32. The highest BCUT2D eigenvalue weighted by Crippen LogP contribution is 2.28. The maximum Gasteiger partial charge on any atom is 0.223 e. The van der Waals surface area contributed by atoms with Crippen LogP contribution in [0.3, 0.4) is 0 Å². The van der Waals surface area contributed by atoms with Crippen molar-refractivity contribution < 1.29 is 9.21 Å². The lowest BCUT2D eigenvalue weighted by atomic mass is 10.3. The largest absolute Gasteiger partial charge is 0.451 e. The van der Waals surface area contributed by atoms with Gasteiger partial charge in [0, 0.05) is 18.9 Å². The SMILES string of the molecule is O=C(NCCc1cocn1)C1CC1. The summed E-state index contributed by atoms with van der Waals surface area (Å²) in [4.78, 5) is 15.1. The van der Waals surface area contributed by atoms with E-state index in [0.29, 0.717) is 6.54 Å². The summed E-state index contributed by atoms with van der Waals surface area (Å²) < 4.78 is 4.81. The maximum atomic E-state index is 11.2. The van der Waals surface area contributed by atoms with Gasteiger partial charge in [0.25, 0.3) is 0 Å². The van der Waals surface area contributed by atoms with Gasteiger partial charge in [-0.05, 0) is 12.8 Å². The Hall–Kier alpha value is -1.32. The van der Waals surface area contributed by atoms with Crippen molar-refractivity contribution in [1.82, 2.24) is 10.3 Å². The van der Waals surface area contributed by atoms with E-state index in [1.165, 1.54) is 6.39 Å². The van der Waals surface area contributed by atoms with Crippen molar-refractivity contribution in [3.63, 3.8) is 0 Å². The predicted octanol–water partition coefficient (Wildman–Crippen LogP) is 0.743. The Bertz CT molecular complexity index is 278. The molecule has 0 saturated heterocycles. The zero-order valence-corrected chi connectivity index (χ0v) is 7.32. The Morgan fingerprint density at radius 2 is 2.54 bits per heavy atom. The number of rotatable bonds is 4. The Kier molecular flexibility index (Phi) is 2.29. The molecule has 1 aliphatic carbocycles. The highest BCUT2D eigenvalue weighted by molar-refractivity contribution is 5.80. The second-order valence-corrected chi connectivity index (χ2v) is 3.30. The quantitative estimate of drug-likeness (QED) is 0.743. The average Bonchev–Trinajstić information content (AvgIpc) is 2.86. The molecule has 0 spiro atoms. The molecule has 4 heteroatoms. The molecule has 2 rings (SSSR count). The summed E-state index contributed by atoms with van der Waals surface area (Å²) in [7, 11) is 0. The molecule has 13 heavy (non-hydrogen) atoms. The molecule has 4 nitrogen and oxygen atoms in total. The lowest BCUT2D eigenvalue weighted by molar-refractivity contribution is -0.122. The van der Waals surface area contributed by atoms with E-state index in [4.69, 9.17) is 4.42 Å². The summed E-state index contributed by atoms with van der Waals surface area (Å²) in [5, 5.41) is 2.86. The lowest BCUT2D eigenvalue weighted by Gasteiger charge is -2.00. The molecule has 70 valence electrons. The Morgan fingerprint density at radius 1 is 1.69 bits per heavy atom. The van der Waals surface area contributed by atoms with Gasteiger partial charge >= 0.3 is 0 Å².